The first-order valence-electron chi connectivity index (χ1n) is 13.2. The molecule has 0 saturated carbocycles. The van der Waals surface area contributed by atoms with E-state index in [4.69, 9.17) is 9.47 Å². The molecule has 0 aliphatic carbocycles. The maximum atomic E-state index is 14.1. The van der Waals surface area contributed by atoms with Gasteiger partial charge in [-0.2, -0.15) is 0 Å². The SMILES string of the molecule is C[C@@H](C(=O)NC(C)(C)C)N(Cc1ccc(Br)cc1)C(=O)CN(c1ccc2c(c1)OCCO2)S(=O)(=O)c1ccccc1. The van der Waals surface area contributed by atoms with Crippen LogP contribution in [0, 0.1) is 0 Å². The molecule has 11 heteroatoms. The standard InChI is InChI=1S/C30H34BrN3O6S/c1-21(29(36)32-30(2,3)4)33(19-22-10-12-23(31)13-11-22)28(35)20-34(41(37,38)25-8-6-5-7-9-25)24-14-15-26-27(18-24)40-17-16-39-26/h5-15,18,21H,16-17,19-20H2,1-4H3,(H,32,36)/t21-/m0/s1. The molecule has 1 N–H and O–H groups in total. The van der Waals surface area contributed by atoms with Crippen molar-refractivity contribution in [2.24, 2.45) is 0 Å². The Labute approximate surface area is 249 Å². The Bertz CT molecular complexity index is 1490. The molecule has 41 heavy (non-hydrogen) atoms. The molecular formula is C30H34BrN3O6S. The topological polar surface area (TPSA) is 105 Å². The maximum Gasteiger partial charge on any atom is 0.264 e. The quantitative estimate of drug-likeness (QED) is 0.361. The van der Waals surface area contributed by atoms with Crippen molar-refractivity contribution in [3.8, 4) is 11.5 Å². The van der Waals surface area contributed by atoms with E-state index in [0.29, 0.717) is 24.7 Å². The molecule has 0 radical (unpaired) electrons. The van der Waals surface area contributed by atoms with Gasteiger partial charge in [-0.25, -0.2) is 8.42 Å². The number of fused-ring (bicyclic) bond motifs is 1. The van der Waals surface area contributed by atoms with E-state index in [1.54, 1.807) is 43.3 Å². The van der Waals surface area contributed by atoms with E-state index in [1.807, 2.05) is 45.0 Å². The van der Waals surface area contributed by atoms with Crippen molar-refractivity contribution < 1.29 is 27.5 Å². The summed E-state index contributed by atoms with van der Waals surface area (Å²) in [6.07, 6.45) is 0. The number of halogens is 1. The predicted octanol–water partition coefficient (Wildman–Crippen LogP) is 4.75. The molecule has 1 atom stereocenters. The van der Waals surface area contributed by atoms with Crippen molar-refractivity contribution in [3.63, 3.8) is 0 Å². The van der Waals surface area contributed by atoms with Crippen molar-refractivity contribution >= 4 is 43.5 Å². The fourth-order valence-electron chi connectivity index (χ4n) is 4.28. The van der Waals surface area contributed by atoms with Crippen molar-refractivity contribution in [1.29, 1.82) is 0 Å². The molecule has 0 bridgehead atoms. The first-order chi connectivity index (χ1) is 19.3. The molecule has 3 aromatic rings. The molecule has 218 valence electrons. The Balaban J connectivity index is 1.73. The van der Waals surface area contributed by atoms with Crippen LogP contribution >= 0.6 is 15.9 Å². The zero-order valence-electron chi connectivity index (χ0n) is 23.5. The highest BCUT2D eigenvalue weighted by molar-refractivity contribution is 9.10. The summed E-state index contributed by atoms with van der Waals surface area (Å²) in [7, 11) is -4.18. The van der Waals surface area contributed by atoms with Crippen LogP contribution in [-0.4, -0.2) is 56.5 Å². The lowest BCUT2D eigenvalue weighted by Gasteiger charge is -2.33. The normalized spacial score (nSPS) is 13.7. The minimum Gasteiger partial charge on any atom is -0.486 e. The first-order valence-corrected chi connectivity index (χ1v) is 15.4. The van der Waals surface area contributed by atoms with Gasteiger partial charge in [0.2, 0.25) is 11.8 Å². The summed E-state index contributed by atoms with van der Waals surface area (Å²) < 4.78 is 41.1. The number of ether oxygens (including phenoxy) is 2. The number of hydrogen-bond donors (Lipinski definition) is 1. The Hall–Kier alpha value is -3.57. The van der Waals surface area contributed by atoms with E-state index in [1.165, 1.54) is 17.0 Å². The van der Waals surface area contributed by atoms with Crippen LogP contribution in [0.25, 0.3) is 0 Å². The molecule has 1 aliphatic heterocycles. The first kappa shape index (κ1) is 30.4. The van der Waals surface area contributed by atoms with Gasteiger partial charge in [-0.15, -0.1) is 0 Å². The van der Waals surface area contributed by atoms with Gasteiger partial charge in [-0.1, -0.05) is 46.3 Å². The van der Waals surface area contributed by atoms with Gasteiger partial charge in [0.15, 0.2) is 11.5 Å². The second-order valence-electron chi connectivity index (χ2n) is 10.7. The number of carbonyl (C=O) groups excluding carboxylic acids is 2. The van der Waals surface area contributed by atoms with Gasteiger partial charge in [0, 0.05) is 22.6 Å². The molecule has 3 aromatic carbocycles. The van der Waals surface area contributed by atoms with E-state index in [0.717, 1.165) is 14.3 Å². The molecule has 0 saturated heterocycles. The van der Waals surface area contributed by atoms with E-state index < -0.39 is 34.1 Å². The third kappa shape index (κ3) is 7.59. The van der Waals surface area contributed by atoms with E-state index in [9.17, 15) is 18.0 Å². The second kappa shape index (κ2) is 12.5. The Morgan fingerprint density at radius 3 is 2.22 bits per heavy atom. The van der Waals surface area contributed by atoms with Gasteiger partial charge < -0.3 is 19.7 Å². The van der Waals surface area contributed by atoms with Crippen molar-refractivity contribution in [2.75, 3.05) is 24.1 Å². The summed E-state index contributed by atoms with van der Waals surface area (Å²) in [4.78, 5) is 28.7. The number of benzene rings is 3. The number of nitrogens with one attached hydrogen (secondary N) is 1. The fraction of sp³-hybridized carbons (Fsp3) is 0.333. The molecule has 0 unspecified atom stereocenters. The van der Waals surface area contributed by atoms with Gasteiger partial charge in [-0.3, -0.25) is 13.9 Å². The molecule has 9 nitrogen and oxygen atoms in total. The highest BCUT2D eigenvalue weighted by atomic mass is 79.9. The van der Waals surface area contributed by atoms with E-state index in [-0.39, 0.29) is 23.0 Å². The van der Waals surface area contributed by atoms with E-state index >= 15 is 0 Å². The summed E-state index contributed by atoms with van der Waals surface area (Å²) >= 11 is 3.42. The third-order valence-corrected chi connectivity index (χ3v) is 8.67. The smallest absolute Gasteiger partial charge is 0.264 e. The minimum atomic E-state index is -4.18. The number of nitrogens with zero attached hydrogens (tertiary/aromatic N) is 2. The van der Waals surface area contributed by atoms with Crippen molar-refractivity contribution in [3.05, 3.63) is 82.8 Å². The number of rotatable bonds is 9. The summed E-state index contributed by atoms with van der Waals surface area (Å²) in [6, 6.07) is 19.2. The number of sulfonamides is 1. The molecular weight excluding hydrogens is 610 g/mol. The molecule has 4 rings (SSSR count). The molecule has 2 amide bonds. The Morgan fingerprint density at radius 1 is 0.951 bits per heavy atom. The summed E-state index contributed by atoms with van der Waals surface area (Å²) in [5, 5.41) is 2.92. The number of carbonyl (C=O) groups is 2. The Kier molecular flexibility index (Phi) is 9.28. The zero-order valence-corrected chi connectivity index (χ0v) is 25.9. The zero-order chi connectivity index (χ0) is 29.8. The molecule has 0 spiro atoms. The van der Waals surface area contributed by atoms with Gasteiger partial charge in [0.05, 0.1) is 10.6 Å². The van der Waals surface area contributed by atoms with Crippen LogP contribution in [0.3, 0.4) is 0 Å². The molecule has 1 aliphatic rings. The molecule has 1 heterocycles. The summed E-state index contributed by atoms with van der Waals surface area (Å²) in [5.74, 6) is -0.00884. The lowest BCUT2D eigenvalue weighted by Crippen LogP contribution is -2.54. The van der Waals surface area contributed by atoms with Crippen LogP contribution in [0.1, 0.15) is 33.3 Å². The minimum absolute atomic E-state index is 0.0284. The van der Waals surface area contributed by atoms with Crippen LogP contribution in [-0.2, 0) is 26.2 Å². The summed E-state index contributed by atoms with van der Waals surface area (Å²) in [5.41, 5.74) is 0.501. The predicted molar refractivity (Wildman–Crippen MR) is 160 cm³/mol. The number of anilines is 1. The highest BCUT2D eigenvalue weighted by Gasteiger charge is 2.34. The highest BCUT2D eigenvalue weighted by Crippen LogP contribution is 2.36. The number of amides is 2. The third-order valence-electron chi connectivity index (χ3n) is 6.36. The van der Waals surface area contributed by atoms with Crippen molar-refractivity contribution in [1.82, 2.24) is 10.2 Å². The number of hydrogen-bond acceptors (Lipinski definition) is 6. The van der Waals surface area contributed by atoms with Gasteiger partial charge in [-0.05, 0) is 69.7 Å². The van der Waals surface area contributed by atoms with E-state index in [2.05, 4.69) is 21.2 Å². The van der Waals surface area contributed by atoms with Gasteiger partial charge >= 0.3 is 0 Å². The second-order valence-corrected chi connectivity index (χ2v) is 13.5. The van der Waals surface area contributed by atoms with Crippen LogP contribution in [0.4, 0.5) is 5.69 Å². The van der Waals surface area contributed by atoms with Crippen LogP contribution < -0.4 is 19.1 Å². The van der Waals surface area contributed by atoms with Crippen LogP contribution in [0.5, 0.6) is 11.5 Å². The molecule has 0 fully saturated rings. The molecule has 0 aromatic heterocycles. The summed E-state index contributed by atoms with van der Waals surface area (Å²) in [6.45, 7) is 7.47. The van der Waals surface area contributed by atoms with Crippen molar-refractivity contribution in [2.45, 2.75) is 50.7 Å². The van der Waals surface area contributed by atoms with Gasteiger partial charge in [0.1, 0.15) is 25.8 Å². The monoisotopic (exact) mass is 643 g/mol. The maximum absolute atomic E-state index is 14.1. The average molecular weight is 645 g/mol. The van der Waals surface area contributed by atoms with Crippen LogP contribution in [0.15, 0.2) is 82.2 Å². The fourth-order valence-corrected chi connectivity index (χ4v) is 5.97. The lowest BCUT2D eigenvalue weighted by molar-refractivity contribution is -0.140. The lowest BCUT2D eigenvalue weighted by atomic mass is 10.1. The average Bonchev–Trinajstić information content (AvgIpc) is 2.94. The van der Waals surface area contributed by atoms with Crippen LogP contribution in [0.2, 0.25) is 0 Å². The largest absolute Gasteiger partial charge is 0.486 e. The van der Waals surface area contributed by atoms with Gasteiger partial charge in [0.25, 0.3) is 10.0 Å². The Morgan fingerprint density at radius 2 is 1.59 bits per heavy atom.